The fourth-order valence-corrected chi connectivity index (χ4v) is 3.92. The van der Waals surface area contributed by atoms with E-state index in [1.165, 1.54) is 24.3 Å². The molecular formula is C27H23Cl2F3N4O4. The molecule has 0 fully saturated rings. The standard InChI is InChI=1S/C27H23Cl2F3N4O4/c1-36(21-6-2-16(3-7-21)26(39)34-11-10-25(37)38)24(15-23(33)17-12-18(28)14-19(29)13-17)35-20-4-8-22(9-5-20)40-27(30,31)32/h2-9,12-15,33,35H,10-11H2,1H3,(H,34,39)(H,37,38)/b24-15+,33-23?. The van der Waals surface area contributed by atoms with E-state index >= 15 is 0 Å². The Bertz CT molecular complexity index is 1390. The summed E-state index contributed by atoms with van der Waals surface area (Å²) in [6.07, 6.45) is -3.55. The molecule has 40 heavy (non-hydrogen) atoms. The average molecular weight is 595 g/mol. The second kappa shape index (κ2) is 13.2. The van der Waals surface area contributed by atoms with Gasteiger partial charge in [0.15, 0.2) is 0 Å². The minimum absolute atomic E-state index is 0.0188. The zero-order valence-electron chi connectivity index (χ0n) is 20.9. The maximum atomic E-state index is 12.5. The number of carbonyl (C=O) groups is 2. The highest BCUT2D eigenvalue weighted by Gasteiger charge is 2.31. The fourth-order valence-electron chi connectivity index (χ4n) is 3.39. The summed E-state index contributed by atoms with van der Waals surface area (Å²) in [7, 11) is 1.68. The lowest BCUT2D eigenvalue weighted by molar-refractivity contribution is -0.274. The minimum Gasteiger partial charge on any atom is -0.481 e. The highest BCUT2D eigenvalue weighted by molar-refractivity contribution is 6.35. The third-order valence-electron chi connectivity index (χ3n) is 5.32. The molecule has 4 N–H and O–H groups in total. The Balaban J connectivity index is 1.88. The van der Waals surface area contributed by atoms with Crippen molar-refractivity contribution >= 4 is 52.2 Å². The number of carboxylic acids is 1. The molecule has 0 radical (unpaired) electrons. The number of carbonyl (C=O) groups excluding carboxylic acids is 1. The molecule has 0 spiro atoms. The first kappa shape index (κ1) is 30.3. The van der Waals surface area contributed by atoms with Crippen molar-refractivity contribution in [2.75, 3.05) is 23.8 Å². The van der Waals surface area contributed by atoms with Crippen molar-refractivity contribution in [3.63, 3.8) is 0 Å². The van der Waals surface area contributed by atoms with Crippen LogP contribution in [0.2, 0.25) is 10.0 Å². The molecule has 1 amide bonds. The topological polar surface area (TPSA) is 115 Å². The third kappa shape index (κ3) is 9.21. The van der Waals surface area contributed by atoms with Crippen molar-refractivity contribution in [2.45, 2.75) is 12.8 Å². The maximum absolute atomic E-state index is 12.5. The van der Waals surface area contributed by atoms with Gasteiger partial charge >= 0.3 is 12.3 Å². The van der Waals surface area contributed by atoms with Crippen LogP contribution in [-0.2, 0) is 4.79 Å². The molecule has 0 atom stereocenters. The number of hydrogen-bond acceptors (Lipinski definition) is 6. The number of nitrogens with zero attached hydrogens (tertiary/aromatic N) is 1. The largest absolute Gasteiger partial charge is 0.573 e. The van der Waals surface area contributed by atoms with Gasteiger partial charge < -0.3 is 30.8 Å². The van der Waals surface area contributed by atoms with E-state index in [4.69, 9.17) is 33.7 Å². The lowest BCUT2D eigenvalue weighted by atomic mass is 10.1. The predicted octanol–water partition coefficient (Wildman–Crippen LogP) is 6.55. The van der Waals surface area contributed by atoms with E-state index in [1.807, 2.05) is 0 Å². The van der Waals surface area contributed by atoms with E-state index in [0.717, 1.165) is 12.1 Å². The molecule has 0 aliphatic carbocycles. The molecule has 3 rings (SSSR count). The number of rotatable bonds is 11. The predicted molar refractivity (Wildman–Crippen MR) is 148 cm³/mol. The van der Waals surface area contributed by atoms with Gasteiger partial charge in [-0.2, -0.15) is 0 Å². The number of aliphatic carboxylic acids is 1. The monoisotopic (exact) mass is 594 g/mol. The van der Waals surface area contributed by atoms with Crippen LogP contribution in [0.4, 0.5) is 24.5 Å². The van der Waals surface area contributed by atoms with Crippen LogP contribution in [0.25, 0.3) is 0 Å². The number of ether oxygens (including phenoxy) is 1. The van der Waals surface area contributed by atoms with Crippen LogP contribution in [0.5, 0.6) is 5.75 Å². The maximum Gasteiger partial charge on any atom is 0.573 e. The smallest absolute Gasteiger partial charge is 0.481 e. The Labute approximate surface area is 237 Å². The summed E-state index contributed by atoms with van der Waals surface area (Å²) < 4.78 is 41.5. The molecular weight excluding hydrogens is 572 g/mol. The molecule has 0 bridgehead atoms. The van der Waals surface area contributed by atoms with Crippen LogP contribution in [0.15, 0.2) is 78.6 Å². The van der Waals surface area contributed by atoms with Gasteiger partial charge in [0, 0.05) is 52.2 Å². The molecule has 0 aliphatic rings. The Hall–Kier alpha value is -4.22. The molecule has 3 aromatic rings. The van der Waals surface area contributed by atoms with Gasteiger partial charge in [0.1, 0.15) is 11.6 Å². The zero-order chi connectivity index (χ0) is 29.4. The lowest BCUT2D eigenvalue weighted by Crippen LogP contribution is -2.26. The van der Waals surface area contributed by atoms with Crippen LogP contribution < -0.4 is 20.3 Å². The molecule has 0 aromatic heterocycles. The SMILES string of the molecule is CN(/C(=C/C(=N)c1cc(Cl)cc(Cl)c1)Nc1ccc(OC(F)(F)F)cc1)c1ccc(C(=O)NCCC(=O)O)cc1. The van der Waals surface area contributed by atoms with E-state index in [0.29, 0.717) is 38.4 Å². The van der Waals surface area contributed by atoms with E-state index in [-0.39, 0.29) is 18.7 Å². The molecule has 0 aliphatic heterocycles. The minimum atomic E-state index is -4.83. The first-order valence-electron chi connectivity index (χ1n) is 11.5. The van der Waals surface area contributed by atoms with Crippen LogP contribution in [0.3, 0.4) is 0 Å². The van der Waals surface area contributed by atoms with Crippen LogP contribution in [-0.4, -0.2) is 42.6 Å². The normalized spacial score (nSPS) is 11.5. The summed E-state index contributed by atoms with van der Waals surface area (Å²) >= 11 is 12.2. The highest BCUT2D eigenvalue weighted by atomic mass is 35.5. The molecule has 210 valence electrons. The van der Waals surface area contributed by atoms with Crippen molar-refractivity contribution in [3.8, 4) is 5.75 Å². The first-order valence-corrected chi connectivity index (χ1v) is 12.3. The number of nitrogens with one attached hydrogen (secondary N) is 3. The molecule has 8 nitrogen and oxygen atoms in total. The van der Waals surface area contributed by atoms with Crippen LogP contribution in [0.1, 0.15) is 22.3 Å². The second-order valence-corrected chi connectivity index (χ2v) is 9.18. The Kier molecular flexibility index (Phi) is 10.0. The van der Waals surface area contributed by atoms with Crippen molar-refractivity contribution in [1.29, 1.82) is 5.41 Å². The van der Waals surface area contributed by atoms with E-state index in [2.05, 4.69) is 15.4 Å². The Morgan fingerprint density at radius 1 is 1.00 bits per heavy atom. The van der Waals surface area contributed by atoms with E-state index < -0.39 is 24.0 Å². The van der Waals surface area contributed by atoms with Gasteiger partial charge in [-0.25, -0.2) is 0 Å². The third-order valence-corrected chi connectivity index (χ3v) is 5.75. The molecule has 3 aromatic carbocycles. The number of allylic oxidation sites excluding steroid dienone is 1. The number of anilines is 2. The van der Waals surface area contributed by atoms with Crippen LogP contribution in [0, 0.1) is 5.41 Å². The summed E-state index contributed by atoms with van der Waals surface area (Å²) in [6.45, 7) is -0.0188. The van der Waals surface area contributed by atoms with Crippen molar-refractivity contribution in [3.05, 3.63) is 99.8 Å². The molecule has 13 heteroatoms. The fraction of sp³-hybridized carbons (Fsp3) is 0.148. The van der Waals surface area contributed by atoms with Gasteiger partial charge in [0.2, 0.25) is 0 Å². The van der Waals surface area contributed by atoms with Crippen LogP contribution >= 0.6 is 23.2 Å². The lowest BCUT2D eigenvalue weighted by Gasteiger charge is -2.25. The summed E-state index contributed by atoms with van der Waals surface area (Å²) in [4.78, 5) is 24.6. The van der Waals surface area contributed by atoms with Gasteiger partial charge in [0.25, 0.3) is 5.91 Å². The van der Waals surface area contributed by atoms with Crippen molar-refractivity contribution in [2.24, 2.45) is 0 Å². The summed E-state index contributed by atoms with van der Waals surface area (Å²) in [5.74, 6) is -1.51. The summed E-state index contributed by atoms with van der Waals surface area (Å²) in [6, 6.07) is 16.1. The number of carboxylic acid groups (broad SMARTS) is 1. The number of halogens is 5. The number of amides is 1. The average Bonchev–Trinajstić information content (AvgIpc) is 2.87. The van der Waals surface area contributed by atoms with Gasteiger partial charge in [-0.1, -0.05) is 23.2 Å². The molecule has 0 unspecified atom stereocenters. The zero-order valence-corrected chi connectivity index (χ0v) is 22.4. The van der Waals surface area contributed by atoms with E-state index in [1.54, 1.807) is 48.3 Å². The summed E-state index contributed by atoms with van der Waals surface area (Å²) in [5.41, 5.74) is 1.76. The Morgan fingerprint density at radius 2 is 1.60 bits per heavy atom. The van der Waals surface area contributed by atoms with Gasteiger partial charge in [-0.3, -0.25) is 9.59 Å². The second-order valence-electron chi connectivity index (χ2n) is 8.30. The quantitative estimate of drug-likeness (QED) is 0.187. The number of alkyl halides is 3. The van der Waals surface area contributed by atoms with Crippen molar-refractivity contribution < 1.29 is 32.6 Å². The highest BCUT2D eigenvalue weighted by Crippen LogP contribution is 2.26. The van der Waals surface area contributed by atoms with Gasteiger partial charge in [0.05, 0.1) is 12.1 Å². The van der Waals surface area contributed by atoms with E-state index in [9.17, 15) is 22.8 Å². The molecule has 0 heterocycles. The molecule has 0 saturated carbocycles. The number of hydrogen-bond donors (Lipinski definition) is 4. The summed E-state index contributed by atoms with van der Waals surface area (Å²) in [5, 5.41) is 23.6. The molecule has 0 saturated heterocycles. The Morgan fingerprint density at radius 3 is 2.15 bits per heavy atom. The van der Waals surface area contributed by atoms with Crippen molar-refractivity contribution in [1.82, 2.24) is 5.32 Å². The van der Waals surface area contributed by atoms with Gasteiger partial charge in [-0.05, 0) is 66.7 Å². The van der Waals surface area contributed by atoms with Gasteiger partial charge in [-0.15, -0.1) is 13.2 Å². The first-order chi connectivity index (χ1) is 18.8. The number of benzene rings is 3.